The first-order valence-electron chi connectivity index (χ1n) is 5.49. The van der Waals surface area contributed by atoms with E-state index in [2.05, 4.69) is 4.74 Å². The first-order valence-corrected chi connectivity index (χ1v) is 5.49. The van der Waals surface area contributed by atoms with Gasteiger partial charge in [0.15, 0.2) is 0 Å². The van der Waals surface area contributed by atoms with Crippen LogP contribution in [-0.4, -0.2) is 25.7 Å². The highest BCUT2D eigenvalue weighted by molar-refractivity contribution is 5.75. The molecule has 0 aliphatic heterocycles. The van der Waals surface area contributed by atoms with E-state index in [9.17, 15) is 4.79 Å². The Hall–Kier alpha value is -1.55. The van der Waals surface area contributed by atoms with Crippen LogP contribution < -0.4 is 10.5 Å². The number of ether oxygens (including phenoxy) is 2. The molecule has 1 aromatic rings. The Morgan fingerprint density at radius 2 is 1.82 bits per heavy atom. The van der Waals surface area contributed by atoms with E-state index in [0.29, 0.717) is 0 Å². The minimum atomic E-state index is -0.750. The predicted molar refractivity (Wildman–Crippen MR) is 66.1 cm³/mol. The number of aryl methyl sites for hydroxylation is 3. The maximum absolute atomic E-state index is 11.1. The number of esters is 1. The van der Waals surface area contributed by atoms with Gasteiger partial charge in [0.2, 0.25) is 0 Å². The molecule has 0 saturated carbocycles. The van der Waals surface area contributed by atoms with E-state index in [0.717, 1.165) is 16.9 Å². The Morgan fingerprint density at radius 1 is 1.29 bits per heavy atom. The van der Waals surface area contributed by atoms with Crippen LogP contribution in [0.2, 0.25) is 0 Å². The molecular weight excluding hydrogens is 218 g/mol. The molecule has 0 aromatic heterocycles. The molecule has 2 N–H and O–H groups in total. The second-order valence-corrected chi connectivity index (χ2v) is 4.17. The lowest BCUT2D eigenvalue weighted by Gasteiger charge is -2.15. The third kappa shape index (κ3) is 3.46. The van der Waals surface area contributed by atoms with E-state index in [1.165, 1.54) is 12.7 Å². The number of hydrogen-bond acceptors (Lipinski definition) is 4. The van der Waals surface area contributed by atoms with Gasteiger partial charge in [0, 0.05) is 0 Å². The lowest BCUT2D eigenvalue weighted by molar-refractivity contribution is -0.142. The highest BCUT2D eigenvalue weighted by Gasteiger charge is 2.15. The topological polar surface area (TPSA) is 61.5 Å². The summed E-state index contributed by atoms with van der Waals surface area (Å²) in [4.78, 5) is 11.1. The van der Waals surface area contributed by atoms with Gasteiger partial charge in [-0.25, -0.2) is 0 Å². The van der Waals surface area contributed by atoms with Crippen LogP contribution in [0.25, 0.3) is 0 Å². The average molecular weight is 237 g/mol. The van der Waals surface area contributed by atoms with Crippen LogP contribution >= 0.6 is 0 Å². The van der Waals surface area contributed by atoms with Gasteiger partial charge < -0.3 is 15.2 Å². The number of benzene rings is 1. The zero-order chi connectivity index (χ0) is 13.0. The maximum Gasteiger partial charge on any atom is 0.326 e. The fourth-order valence-electron chi connectivity index (χ4n) is 1.79. The summed E-state index contributed by atoms with van der Waals surface area (Å²) in [5, 5.41) is 0. The SMILES string of the molecule is COC(=O)C(N)COc1c(C)cc(C)cc1C. The van der Waals surface area contributed by atoms with Crippen LogP contribution in [0.4, 0.5) is 0 Å². The van der Waals surface area contributed by atoms with Gasteiger partial charge in [-0.1, -0.05) is 17.7 Å². The first-order chi connectivity index (χ1) is 7.95. The summed E-state index contributed by atoms with van der Waals surface area (Å²) in [6, 6.07) is 3.32. The molecule has 4 nitrogen and oxygen atoms in total. The highest BCUT2D eigenvalue weighted by atomic mass is 16.5. The van der Waals surface area contributed by atoms with E-state index in [-0.39, 0.29) is 6.61 Å². The van der Waals surface area contributed by atoms with Gasteiger partial charge in [-0.3, -0.25) is 4.79 Å². The Balaban J connectivity index is 2.73. The van der Waals surface area contributed by atoms with Gasteiger partial charge in [0.25, 0.3) is 0 Å². The minimum absolute atomic E-state index is 0.122. The molecule has 1 atom stereocenters. The van der Waals surface area contributed by atoms with Crippen LogP contribution in [0.15, 0.2) is 12.1 Å². The summed E-state index contributed by atoms with van der Waals surface area (Å²) in [6.45, 7) is 6.10. The molecule has 0 aliphatic carbocycles. The van der Waals surface area contributed by atoms with E-state index in [4.69, 9.17) is 10.5 Å². The fraction of sp³-hybridized carbons (Fsp3) is 0.462. The zero-order valence-corrected chi connectivity index (χ0v) is 10.7. The molecule has 94 valence electrons. The van der Waals surface area contributed by atoms with E-state index < -0.39 is 12.0 Å². The molecule has 1 rings (SSSR count). The number of nitrogens with two attached hydrogens (primary N) is 1. The van der Waals surface area contributed by atoms with Gasteiger partial charge >= 0.3 is 5.97 Å². The Morgan fingerprint density at radius 3 is 2.29 bits per heavy atom. The smallest absolute Gasteiger partial charge is 0.326 e. The summed E-state index contributed by atoms with van der Waals surface area (Å²) in [5.41, 5.74) is 8.87. The van der Waals surface area contributed by atoms with Gasteiger partial charge in [-0.2, -0.15) is 0 Å². The van der Waals surface area contributed by atoms with Crippen LogP contribution in [0.1, 0.15) is 16.7 Å². The van der Waals surface area contributed by atoms with Crippen molar-refractivity contribution in [3.05, 3.63) is 28.8 Å². The Bertz CT molecular complexity index is 392. The highest BCUT2D eigenvalue weighted by Crippen LogP contribution is 2.24. The van der Waals surface area contributed by atoms with Gasteiger partial charge in [-0.15, -0.1) is 0 Å². The van der Waals surface area contributed by atoms with Crippen LogP contribution in [0.5, 0.6) is 5.75 Å². The Labute approximate surface area is 102 Å². The van der Waals surface area contributed by atoms with E-state index in [1.807, 2.05) is 32.9 Å². The average Bonchev–Trinajstić information content (AvgIpc) is 2.26. The molecule has 0 aliphatic rings. The van der Waals surface area contributed by atoms with Crippen molar-refractivity contribution >= 4 is 5.97 Å². The van der Waals surface area contributed by atoms with Crippen molar-refractivity contribution in [2.45, 2.75) is 26.8 Å². The zero-order valence-electron chi connectivity index (χ0n) is 10.7. The molecule has 0 amide bonds. The number of methoxy groups -OCH3 is 1. The molecule has 0 bridgehead atoms. The number of hydrogen-bond donors (Lipinski definition) is 1. The van der Waals surface area contributed by atoms with Crippen LogP contribution in [-0.2, 0) is 9.53 Å². The quantitative estimate of drug-likeness (QED) is 0.806. The molecule has 0 spiro atoms. The van der Waals surface area contributed by atoms with Crippen molar-refractivity contribution in [1.82, 2.24) is 0 Å². The monoisotopic (exact) mass is 237 g/mol. The lowest BCUT2D eigenvalue weighted by Crippen LogP contribution is -2.37. The molecular formula is C13H19NO3. The van der Waals surface area contributed by atoms with E-state index >= 15 is 0 Å². The third-order valence-corrected chi connectivity index (χ3v) is 2.52. The molecule has 0 saturated heterocycles. The van der Waals surface area contributed by atoms with Crippen molar-refractivity contribution < 1.29 is 14.3 Å². The van der Waals surface area contributed by atoms with Gasteiger partial charge in [0.1, 0.15) is 18.4 Å². The summed E-state index contributed by atoms with van der Waals surface area (Å²) in [5.74, 6) is 0.322. The lowest BCUT2D eigenvalue weighted by atomic mass is 10.1. The van der Waals surface area contributed by atoms with E-state index in [1.54, 1.807) is 0 Å². The second-order valence-electron chi connectivity index (χ2n) is 4.17. The first kappa shape index (κ1) is 13.5. The van der Waals surface area contributed by atoms with Gasteiger partial charge in [-0.05, 0) is 31.9 Å². The molecule has 17 heavy (non-hydrogen) atoms. The number of carbonyl (C=O) groups is 1. The summed E-state index contributed by atoms with van der Waals surface area (Å²) in [7, 11) is 1.31. The van der Waals surface area contributed by atoms with Gasteiger partial charge in [0.05, 0.1) is 7.11 Å². The number of rotatable bonds is 4. The summed E-state index contributed by atoms with van der Waals surface area (Å²) < 4.78 is 10.1. The normalized spacial score (nSPS) is 12.1. The number of carbonyl (C=O) groups excluding carboxylic acids is 1. The molecule has 0 radical (unpaired) electrons. The predicted octanol–water partition coefficient (Wildman–Crippen LogP) is 1.49. The molecule has 1 unspecified atom stereocenters. The largest absolute Gasteiger partial charge is 0.491 e. The van der Waals surface area contributed by atoms with Crippen molar-refractivity contribution in [1.29, 1.82) is 0 Å². The van der Waals surface area contributed by atoms with Crippen molar-refractivity contribution in [3.8, 4) is 5.75 Å². The van der Waals surface area contributed by atoms with Crippen molar-refractivity contribution in [3.63, 3.8) is 0 Å². The summed E-state index contributed by atoms with van der Waals surface area (Å²) in [6.07, 6.45) is 0. The molecule has 1 aromatic carbocycles. The molecule has 4 heteroatoms. The maximum atomic E-state index is 11.1. The Kier molecular flexibility index (Phi) is 4.52. The third-order valence-electron chi connectivity index (χ3n) is 2.52. The fourth-order valence-corrected chi connectivity index (χ4v) is 1.79. The second kappa shape index (κ2) is 5.68. The summed E-state index contributed by atoms with van der Waals surface area (Å²) >= 11 is 0. The van der Waals surface area contributed by atoms with Crippen molar-refractivity contribution in [2.75, 3.05) is 13.7 Å². The minimum Gasteiger partial charge on any atom is -0.491 e. The molecule has 0 heterocycles. The standard InChI is InChI=1S/C13H19NO3/c1-8-5-9(2)12(10(3)6-8)17-7-11(14)13(15)16-4/h5-6,11H,7,14H2,1-4H3. The van der Waals surface area contributed by atoms with Crippen LogP contribution in [0, 0.1) is 20.8 Å². The molecule has 0 fully saturated rings. The van der Waals surface area contributed by atoms with Crippen LogP contribution in [0.3, 0.4) is 0 Å². The van der Waals surface area contributed by atoms with Crippen molar-refractivity contribution in [2.24, 2.45) is 5.73 Å².